The third-order valence-electron chi connectivity index (χ3n) is 4.56. The maximum atomic E-state index is 6.13. The molecule has 0 aromatic rings. The highest BCUT2D eigenvalue weighted by Crippen LogP contribution is 2.29. The van der Waals surface area contributed by atoms with Crippen LogP contribution in [0.5, 0.6) is 0 Å². The second-order valence-corrected chi connectivity index (χ2v) is 6.07. The first-order valence-electron chi connectivity index (χ1n) is 6.91. The van der Waals surface area contributed by atoms with E-state index in [0.717, 1.165) is 13.1 Å². The number of rotatable bonds is 2. The van der Waals surface area contributed by atoms with Crippen LogP contribution in [0.4, 0.5) is 0 Å². The molecule has 4 heteroatoms. The lowest BCUT2D eigenvalue weighted by molar-refractivity contribution is 0.0640. The lowest BCUT2D eigenvalue weighted by Crippen LogP contribution is -2.59. The smallest absolute Gasteiger partial charge is 0.0473 e. The fourth-order valence-electron chi connectivity index (χ4n) is 3.65. The van der Waals surface area contributed by atoms with Gasteiger partial charge in [0.1, 0.15) is 0 Å². The molecule has 0 saturated carbocycles. The monoisotopic (exact) mass is 240 g/mol. The van der Waals surface area contributed by atoms with Gasteiger partial charge in [0.05, 0.1) is 0 Å². The highest BCUT2D eigenvalue weighted by atomic mass is 15.3. The molecule has 0 spiro atoms. The minimum atomic E-state index is 0.235. The van der Waals surface area contributed by atoms with Gasteiger partial charge in [-0.1, -0.05) is 0 Å². The van der Waals surface area contributed by atoms with Crippen LogP contribution in [-0.4, -0.2) is 79.6 Å². The molecule has 2 rings (SSSR count). The molecule has 2 fully saturated rings. The Morgan fingerprint density at radius 1 is 1.18 bits per heavy atom. The first-order valence-corrected chi connectivity index (χ1v) is 6.91. The number of nitrogens with two attached hydrogens (primary N) is 1. The first-order chi connectivity index (χ1) is 8.07. The summed E-state index contributed by atoms with van der Waals surface area (Å²) in [6, 6.07) is 0.623. The Labute approximate surface area is 106 Å². The summed E-state index contributed by atoms with van der Waals surface area (Å²) in [4.78, 5) is 7.57. The minimum absolute atomic E-state index is 0.235. The van der Waals surface area contributed by atoms with Crippen LogP contribution in [0.1, 0.15) is 19.8 Å². The van der Waals surface area contributed by atoms with E-state index in [9.17, 15) is 0 Å². The maximum Gasteiger partial charge on any atom is 0.0473 e. The van der Waals surface area contributed by atoms with E-state index in [2.05, 4.69) is 35.7 Å². The summed E-state index contributed by atoms with van der Waals surface area (Å²) in [6.07, 6.45) is 2.50. The molecule has 0 radical (unpaired) electrons. The molecule has 100 valence electrons. The molecule has 0 amide bonds. The van der Waals surface area contributed by atoms with Crippen LogP contribution in [-0.2, 0) is 0 Å². The molecule has 0 aromatic heterocycles. The van der Waals surface area contributed by atoms with Crippen molar-refractivity contribution in [2.75, 3.05) is 53.4 Å². The summed E-state index contributed by atoms with van der Waals surface area (Å²) >= 11 is 0. The Balaban J connectivity index is 2.12. The van der Waals surface area contributed by atoms with Gasteiger partial charge in [0.25, 0.3) is 0 Å². The molecule has 2 unspecified atom stereocenters. The lowest BCUT2D eigenvalue weighted by atomic mass is 9.94. The normalized spacial score (nSPS) is 38.5. The van der Waals surface area contributed by atoms with E-state index in [4.69, 9.17) is 5.73 Å². The summed E-state index contributed by atoms with van der Waals surface area (Å²) in [7, 11) is 4.45. The molecule has 0 aliphatic carbocycles. The van der Waals surface area contributed by atoms with Gasteiger partial charge in [0, 0.05) is 37.8 Å². The molecule has 2 atom stereocenters. The van der Waals surface area contributed by atoms with Crippen LogP contribution in [0.2, 0.25) is 0 Å². The van der Waals surface area contributed by atoms with Crippen molar-refractivity contribution in [1.82, 2.24) is 14.7 Å². The van der Waals surface area contributed by atoms with Crippen molar-refractivity contribution in [3.8, 4) is 0 Å². The quantitative estimate of drug-likeness (QED) is 0.740. The van der Waals surface area contributed by atoms with Crippen molar-refractivity contribution in [1.29, 1.82) is 0 Å². The minimum Gasteiger partial charge on any atom is -0.329 e. The average molecular weight is 240 g/mol. The first kappa shape index (κ1) is 13.3. The standard InChI is InChI=1S/C13H28N4/c1-12-9-15(2)6-4-7-17(12)13(10-14)5-8-16(3)11-13/h12H,4-11,14H2,1-3H3. The van der Waals surface area contributed by atoms with Gasteiger partial charge in [-0.3, -0.25) is 4.90 Å². The van der Waals surface area contributed by atoms with Crippen molar-refractivity contribution in [3.63, 3.8) is 0 Å². The Morgan fingerprint density at radius 3 is 2.53 bits per heavy atom. The van der Waals surface area contributed by atoms with E-state index >= 15 is 0 Å². The number of likely N-dealkylation sites (tertiary alicyclic amines) is 1. The van der Waals surface area contributed by atoms with Crippen LogP contribution in [0.15, 0.2) is 0 Å². The summed E-state index contributed by atoms with van der Waals surface area (Å²) in [5.74, 6) is 0. The van der Waals surface area contributed by atoms with Crippen molar-refractivity contribution in [2.24, 2.45) is 5.73 Å². The largest absolute Gasteiger partial charge is 0.329 e. The zero-order valence-corrected chi connectivity index (χ0v) is 11.7. The number of hydrogen-bond acceptors (Lipinski definition) is 4. The number of nitrogens with zero attached hydrogens (tertiary/aromatic N) is 3. The van der Waals surface area contributed by atoms with Gasteiger partial charge in [0.15, 0.2) is 0 Å². The molecule has 0 aromatic carbocycles. The van der Waals surface area contributed by atoms with E-state index in [0.29, 0.717) is 6.04 Å². The second-order valence-electron chi connectivity index (χ2n) is 6.07. The van der Waals surface area contributed by atoms with Gasteiger partial charge < -0.3 is 15.5 Å². The zero-order chi connectivity index (χ0) is 12.5. The summed E-state index contributed by atoms with van der Waals surface area (Å²) in [5, 5.41) is 0. The highest BCUT2D eigenvalue weighted by molar-refractivity contribution is 5.01. The zero-order valence-electron chi connectivity index (χ0n) is 11.7. The summed E-state index contributed by atoms with van der Waals surface area (Å²) in [5.41, 5.74) is 6.36. The molecule has 2 heterocycles. The predicted octanol–water partition coefficient (Wildman–Crippen LogP) is 0.0454. The van der Waals surface area contributed by atoms with E-state index in [1.54, 1.807) is 0 Å². The van der Waals surface area contributed by atoms with E-state index in [-0.39, 0.29) is 5.54 Å². The second kappa shape index (κ2) is 5.22. The Bertz CT molecular complexity index is 258. The Kier molecular flexibility index (Phi) is 4.08. The van der Waals surface area contributed by atoms with Crippen LogP contribution in [0.3, 0.4) is 0 Å². The van der Waals surface area contributed by atoms with E-state index < -0.39 is 0 Å². The number of hydrogen-bond donors (Lipinski definition) is 1. The number of likely N-dealkylation sites (N-methyl/N-ethyl adjacent to an activating group) is 2. The maximum absolute atomic E-state index is 6.13. The van der Waals surface area contributed by atoms with Gasteiger partial charge in [0.2, 0.25) is 0 Å². The SMILES string of the molecule is CC1CN(C)CCCN1C1(CN)CCN(C)C1. The van der Waals surface area contributed by atoms with Crippen molar-refractivity contribution < 1.29 is 0 Å². The Hall–Kier alpha value is -0.160. The molecule has 2 aliphatic heterocycles. The molecule has 0 bridgehead atoms. The third-order valence-corrected chi connectivity index (χ3v) is 4.56. The molecule has 2 N–H and O–H groups in total. The van der Waals surface area contributed by atoms with Gasteiger partial charge in [-0.05, 0) is 47.0 Å². The summed E-state index contributed by atoms with van der Waals surface area (Å²) < 4.78 is 0. The van der Waals surface area contributed by atoms with Gasteiger partial charge >= 0.3 is 0 Å². The van der Waals surface area contributed by atoms with E-state index in [1.807, 2.05) is 0 Å². The fourth-order valence-corrected chi connectivity index (χ4v) is 3.65. The highest BCUT2D eigenvalue weighted by Gasteiger charge is 2.43. The third kappa shape index (κ3) is 2.65. The summed E-state index contributed by atoms with van der Waals surface area (Å²) in [6.45, 7) is 9.08. The molecular weight excluding hydrogens is 212 g/mol. The van der Waals surface area contributed by atoms with E-state index in [1.165, 1.54) is 39.0 Å². The molecule has 2 saturated heterocycles. The van der Waals surface area contributed by atoms with Crippen molar-refractivity contribution in [2.45, 2.75) is 31.3 Å². The lowest BCUT2D eigenvalue weighted by Gasteiger charge is -2.43. The molecular formula is C13H28N4. The van der Waals surface area contributed by atoms with Crippen LogP contribution < -0.4 is 5.73 Å². The topological polar surface area (TPSA) is 35.7 Å². The van der Waals surface area contributed by atoms with Crippen molar-refractivity contribution in [3.05, 3.63) is 0 Å². The van der Waals surface area contributed by atoms with Crippen LogP contribution >= 0.6 is 0 Å². The van der Waals surface area contributed by atoms with Gasteiger partial charge in [-0.2, -0.15) is 0 Å². The van der Waals surface area contributed by atoms with Crippen molar-refractivity contribution >= 4 is 0 Å². The predicted molar refractivity (Wildman–Crippen MR) is 72.2 cm³/mol. The molecule has 17 heavy (non-hydrogen) atoms. The van der Waals surface area contributed by atoms with Gasteiger partial charge in [-0.25, -0.2) is 0 Å². The fraction of sp³-hybridized carbons (Fsp3) is 1.00. The molecule has 2 aliphatic rings. The Morgan fingerprint density at radius 2 is 1.94 bits per heavy atom. The van der Waals surface area contributed by atoms with Gasteiger partial charge in [-0.15, -0.1) is 0 Å². The molecule has 4 nitrogen and oxygen atoms in total. The average Bonchev–Trinajstić information content (AvgIpc) is 2.58. The van der Waals surface area contributed by atoms with Crippen LogP contribution in [0.25, 0.3) is 0 Å². The van der Waals surface area contributed by atoms with Crippen LogP contribution in [0, 0.1) is 0 Å².